The van der Waals surface area contributed by atoms with Gasteiger partial charge in [-0.05, 0) is 64.8 Å². The van der Waals surface area contributed by atoms with Crippen molar-refractivity contribution in [3.63, 3.8) is 0 Å². The van der Waals surface area contributed by atoms with Gasteiger partial charge in [0.05, 0.1) is 6.61 Å². The number of carbonyl (C=O) groups excluding carboxylic acids is 2. The van der Waals surface area contributed by atoms with E-state index < -0.39 is 23.8 Å². The molecule has 0 fully saturated rings. The summed E-state index contributed by atoms with van der Waals surface area (Å²) in [7, 11) is 1.61. The number of rotatable bonds is 9. The third-order valence-corrected chi connectivity index (χ3v) is 3.14. The summed E-state index contributed by atoms with van der Waals surface area (Å²) < 4.78 is 21.0. The highest BCUT2D eigenvalue weighted by Gasteiger charge is 2.21. The van der Waals surface area contributed by atoms with Gasteiger partial charge in [0.25, 0.3) is 0 Å². The average Bonchev–Trinajstić information content (AvgIpc) is 2.54. The maximum absolute atomic E-state index is 12.0. The molecular formula is C19H29NO6. The van der Waals surface area contributed by atoms with Gasteiger partial charge in [0.15, 0.2) is 6.10 Å². The highest BCUT2D eigenvalue weighted by Crippen LogP contribution is 2.20. The number of hydrogen-bond donors (Lipinski definition) is 1. The Bertz CT molecular complexity index is 564. The van der Waals surface area contributed by atoms with E-state index in [-0.39, 0.29) is 0 Å². The van der Waals surface area contributed by atoms with E-state index in [2.05, 4.69) is 5.32 Å². The van der Waals surface area contributed by atoms with Crippen LogP contribution in [0.2, 0.25) is 0 Å². The number of methoxy groups -OCH3 is 1. The van der Waals surface area contributed by atoms with Crippen molar-refractivity contribution in [2.24, 2.45) is 0 Å². The second-order valence-corrected chi connectivity index (χ2v) is 6.64. The lowest BCUT2D eigenvalue weighted by molar-refractivity contribution is -0.151. The van der Waals surface area contributed by atoms with Crippen molar-refractivity contribution >= 4 is 17.7 Å². The smallest absolute Gasteiger partial charge is 0.412 e. The first-order chi connectivity index (χ1) is 12.2. The zero-order chi connectivity index (χ0) is 19.6. The van der Waals surface area contributed by atoms with E-state index in [1.807, 2.05) is 0 Å². The van der Waals surface area contributed by atoms with Gasteiger partial charge in [0, 0.05) is 19.4 Å². The highest BCUT2D eigenvalue weighted by atomic mass is 16.6. The Balaban J connectivity index is 2.66. The van der Waals surface area contributed by atoms with Gasteiger partial charge in [-0.15, -0.1) is 0 Å². The van der Waals surface area contributed by atoms with Gasteiger partial charge in [-0.2, -0.15) is 0 Å². The molecule has 26 heavy (non-hydrogen) atoms. The van der Waals surface area contributed by atoms with E-state index in [0.29, 0.717) is 37.5 Å². The fraction of sp³-hybridized carbons (Fsp3) is 0.579. The predicted molar refractivity (Wildman–Crippen MR) is 98.5 cm³/mol. The van der Waals surface area contributed by atoms with E-state index in [9.17, 15) is 9.59 Å². The molecule has 1 aromatic carbocycles. The molecule has 0 saturated heterocycles. The van der Waals surface area contributed by atoms with Crippen molar-refractivity contribution in [2.45, 2.75) is 52.2 Å². The van der Waals surface area contributed by atoms with Crippen LogP contribution in [0.3, 0.4) is 0 Å². The van der Waals surface area contributed by atoms with Gasteiger partial charge in [-0.25, -0.2) is 9.59 Å². The Kier molecular flexibility index (Phi) is 8.92. The van der Waals surface area contributed by atoms with Crippen LogP contribution in [0.5, 0.6) is 5.75 Å². The summed E-state index contributed by atoms with van der Waals surface area (Å²) in [5.74, 6) is 0.106. The van der Waals surface area contributed by atoms with Crippen molar-refractivity contribution in [1.82, 2.24) is 0 Å². The summed E-state index contributed by atoms with van der Waals surface area (Å²) >= 11 is 0. The van der Waals surface area contributed by atoms with Crippen LogP contribution < -0.4 is 10.1 Å². The van der Waals surface area contributed by atoms with E-state index in [1.54, 1.807) is 59.1 Å². The largest absolute Gasteiger partial charge is 0.479 e. The fourth-order valence-electron chi connectivity index (χ4n) is 2.08. The zero-order valence-corrected chi connectivity index (χ0v) is 16.2. The normalized spacial score (nSPS) is 12.2. The molecular weight excluding hydrogens is 338 g/mol. The third kappa shape index (κ3) is 8.71. The number of amides is 1. The maximum Gasteiger partial charge on any atom is 0.412 e. The van der Waals surface area contributed by atoms with Gasteiger partial charge in [-0.3, -0.25) is 5.32 Å². The summed E-state index contributed by atoms with van der Waals surface area (Å²) in [6, 6.07) is 6.71. The molecule has 1 aromatic rings. The number of carbonyl (C=O) groups is 2. The van der Waals surface area contributed by atoms with Crippen LogP contribution in [0.25, 0.3) is 0 Å². The minimum absolute atomic E-state index is 0.293. The predicted octanol–water partition coefficient (Wildman–Crippen LogP) is 3.77. The Hall–Kier alpha value is -2.28. The van der Waals surface area contributed by atoms with E-state index >= 15 is 0 Å². The topological polar surface area (TPSA) is 83.1 Å². The molecule has 0 bridgehead atoms. The average molecular weight is 367 g/mol. The van der Waals surface area contributed by atoms with Crippen LogP contribution in [0, 0.1) is 0 Å². The molecule has 1 amide bonds. The van der Waals surface area contributed by atoms with Crippen LogP contribution >= 0.6 is 0 Å². The lowest BCUT2D eigenvalue weighted by Crippen LogP contribution is -2.30. The Morgan fingerprint density at radius 1 is 1.15 bits per heavy atom. The van der Waals surface area contributed by atoms with E-state index in [1.165, 1.54) is 0 Å². The number of benzene rings is 1. The number of ether oxygens (including phenoxy) is 4. The molecule has 7 nitrogen and oxygen atoms in total. The number of hydrogen-bond acceptors (Lipinski definition) is 6. The Morgan fingerprint density at radius 2 is 1.81 bits per heavy atom. The summed E-state index contributed by atoms with van der Waals surface area (Å²) in [5, 5.41) is 2.64. The van der Waals surface area contributed by atoms with Gasteiger partial charge in [0.2, 0.25) is 0 Å². The van der Waals surface area contributed by atoms with Crippen LogP contribution in [0.1, 0.15) is 40.5 Å². The second kappa shape index (κ2) is 10.7. The van der Waals surface area contributed by atoms with Crippen LogP contribution in [0.15, 0.2) is 24.3 Å². The quantitative estimate of drug-likeness (QED) is 0.528. The molecule has 1 N–H and O–H groups in total. The summed E-state index contributed by atoms with van der Waals surface area (Å²) in [4.78, 5) is 23.8. The van der Waals surface area contributed by atoms with E-state index in [0.717, 1.165) is 0 Å². The SMILES string of the molecule is CCOC(=O)C(CCCOC)Oc1ccc(NC(=O)OC(C)(C)C)cc1. The minimum Gasteiger partial charge on any atom is -0.479 e. The Labute approximate surface area is 155 Å². The van der Waals surface area contributed by atoms with Crippen LogP contribution in [0.4, 0.5) is 10.5 Å². The molecule has 1 rings (SSSR count). The molecule has 0 aromatic heterocycles. The molecule has 7 heteroatoms. The Morgan fingerprint density at radius 3 is 2.35 bits per heavy atom. The molecule has 0 saturated carbocycles. The number of esters is 1. The molecule has 0 radical (unpaired) electrons. The first-order valence-corrected chi connectivity index (χ1v) is 8.67. The van der Waals surface area contributed by atoms with Crippen molar-refractivity contribution < 1.29 is 28.5 Å². The molecule has 0 spiro atoms. The van der Waals surface area contributed by atoms with Crippen LogP contribution in [-0.2, 0) is 19.0 Å². The van der Waals surface area contributed by atoms with E-state index in [4.69, 9.17) is 18.9 Å². The van der Waals surface area contributed by atoms with Gasteiger partial charge in [-0.1, -0.05) is 0 Å². The maximum atomic E-state index is 12.0. The van der Waals surface area contributed by atoms with Gasteiger partial charge in [0.1, 0.15) is 11.4 Å². The first kappa shape index (κ1) is 21.8. The van der Waals surface area contributed by atoms with Crippen molar-refractivity contribution in [1.29, 1.82) is 0 Å². The molecule has 1 unspecified atom stereocenters. The zero-order valence-electron chi connectivity index (χ0n) is 16.2. The third-order valence-electron chi connectivity index (χ3n) is 3.14. The van der Waals surface area contributed by atoms with Crippen molar-refractivity contribution in [3.8, 4) is 5.75 Å². The molecule has 1 atom stereocenters. The lowest BCUT2D eigenvalue weighted by Gasteiger charge is -2.20. The summed E-state index contributed by atoms with van der Waals surface area (Å²) in [6.07, 6.45) is -0.0621. The summed E-state index contributed by atoms with van der Waals surface area (Å²) in [5.41, 5.74) is 0.000948. The number of nitrogens with one attached hydrogen (secondary N) is 1. The molecule has 0 aliphatic heterocycles. The minimum atomic E-state index is -0.699. The number of anilines is 1. The molecule has 0 heterocycles. The van der Waals surface area contributed by atoms with Gasteiger partial charge < -0.3 is 18.9 Å². The molecule has 0 aliphatic rings. The highest BCUT2D eigenvalue weighted by molar-refractivity contribution is 5.84. The molecule has 0 aliphatic carbocycles. The monoisotopic (exact) mass is 367 g/mol. The van der Waals surface area contributed by atoms with Crippen LogP contribution in [-0.4, -0.2) is 44.1 Å². The fourth-order valence-corrected chi connectivity index (χ4v) is 2.08. The van der Waals surface area contributed by atoms with Crippen molar-refractivity contribution in [3.05, 3.63) is 24.3 Å². The second-order valence-electron chi connectivity index (χ2n) is 6.64. The molecule has 146 valence electrons. The lowest BCUT2D eigenvalue weighted by atomic mass is 10.2. The van der Waals surface area contributed by atoms with Gasteiger partial charge >= 0.3 is 12.1 Å². The standard InChI is InChI=1S/C19H29NO6/c1-6-24-17(21)16(8-7-13-23-5)25-15-11-9-14(10-12-15)20-18(22)26-19(2,3)4/h9-12,16H,6-8,13H2,1-5H3,(H,20,22). The summed E-state index contributed by atoms with van der Waals surface area (Å²) in [6.45, 7) is 7.97. The first-order valence-electron chi connectivity index (χ1n) is 8.67. The van der Waals surface area contributed by atoms with Crippen molar-refractivity contribution in [2.75, 3.05) is 25.6 Å².